The molecule has 168 valence electrons. The van der Waals surface area contributed by atoms with E-state index in [2.05, 4.69) is 25.2 Å². The first-order valence-electron chi connectivity index (χ1n) is 11.1. The molecule has 2 amide bonds. The topological polar surface area (TPSA) is 90.4 Å². The number of anilines is 4. The van der Waals surface area contributed by atoms with E-state index in [1.165, 1.54) is 6.20 Å². The van der Waals surface area contributed by atoms with Gasteiger partial charge in [-0.15, -0.1) is 0 Å². The molecule has 3 aromatic heterocycles. The Morgan fingerprint density at radius 1 is 1.03 bits per heavy atom. The minimum absolute atomic E-state index is 0.0380. The molecular formula is C23H23FN8O. The maximum Gasteiger partial charge on any atom is 0.329 e. The van der Waals surface area contributed by atoms with Crippen LogP contribution in [0.3, 0.4) is 0 Å². The number of carbonyl (C=O) groups excluding carboxylic acids is 1. The van der Waals surface area contributed by atoms with Crippen LogP contribution in [0.25, 0.3) is 11.3 Å². The second-order valence-corrected chi connectivity index (χ2v) is 8.55. The van der Waals surface area contributed by atoms with Gasteiger partial charge in [-0.1, -0.05) is 0 Å². The van der Waals surface area contributed by atoms with Crippen molar-refractivity contribution in [2.75, 3.05) is 46.2 Å². The number of halogens is 1. The second kappa shape index (κ2) is 7.95. The summed E-state index contributed by atoms with van der Waals surface area (Å²) in [6.45, 7) is 2.68. The summed E-state index contributed by atoms with van der Waals surface area (Å²) in [7, 11) is 0. The molecule has 2 atom stereocenters. The van der Waals surface area contributed by atoms with Crippen molar-refractivity contribution in [3.8, 4) is 11.3 Å². The minimum atomic E-state index is -0.816. The Labute approximate surface area is 190 Å². The van der Waals surface area contributed by atoms with Crippen LogP contribution in [0.2, 0.25) is 0 Å². The van der Waals surface area contributed by atoms with E-state index in [1.54, 1.807) is 23.5 Å². The van der Waals surface area contributed by atoms with Gasteiger partial charge in [0.1, 0.15) is 12.0 Å². The molecule has 9 nitrogen and oxygen atoms in total. The van der Waals surface area contributed by atoms with Crippen molar-refractivity contribution in [1.82, 2.24) is 19.9 Å². The summed E-state index contributed by atoms with van der Waals surface area (Å²) < 4.78 is 13.7. The van der Waals surface area contributed by atoms with Gasteiger partial charge in [0.15, 0.2) is 11.6 Å². The fourth-order valence-electron chi connectivity index (χ4n) is 4.84. The number of urea groups is 1. The molecule has 3 aromatic rings. The van der Waals surface area contributed by atoms with Gasteiger partial charge in [0.05, 0.1) is 30.2 Å². The van der Waals surface area contributed by atoms with Crippen LogP contribution in [0.1, 0.15) is 12.8 Å². The van der Waals surface area contributed by atoms with Gasteiger partial charge in [0, 0.05) is 43.8 Å². The van der Waals surface area contributed by atoms with E-state index in [1.807, 2.05) is 29.2 Å². The van der Waals surface area contributed by atoms with Crippen molar-refractivity contribution < 1.29 is 9.18 Å². The molecule has 1 N–H and O–H groups in total. The molecule has 10 heteroatoms. The first-order valence-corrected chi connectivity index (χ1v) is 11.1. The zero-order valence-electron chi connectivity index (χ0n) is 17.9. The normalized spacial score (nSPS) is 21.3. The third kappa shape index (κ3) is 3.61. The third-order valence-corrected chi connectivity index (χ3v) is 6.46. The lowest BCUT2D eigenvalue weighted by atomic mass is 10.1. The summed E-state index contributed by atoms with van der Waals surface area (Å²) in [5.74, 6) is 1.77. The number of fused-ring (bicyclic) bond motifs is 4. The molecule has 0 aromatic carbocycles. The van der Waals surface area contributed by atoms with E-state index >= 15 is 0 Å². The van der Waals surface area contributed by atoms with Crippen LogP contribution in [0.4, 0.5) is 32.3 Å². The number of hydrogen-bond donors (Lipinski definition) is 1. The Balaban J connectivity index is 1.34. The number of amides is 2. The number of alkyl halides is 1. The monoisotopic (exact) mass is 446 g/mol. The van der Waals surface area contributed by atoms with Gasteiger partial charge in [-0.3, -0.25) is 15.2 Å². The van der Waals surface area contributed by atoms with Crippen molar-refractivity contribution in [2.24, 2.45) is 0 Å². The number of aromatic nitrogens is 4. The highest BCUT2D eigenvalue weighted by molar-refractivity contribution is 6.04. The summed E-state index contributed by atoms with van der Waals surface area (Å²) in [5.41, 5.74) is 2.57. The number of rotatable bonds is 3. The highest BCUT2D eigenvalue weighted by Crippen LogP contribution is 2.40. The molecule has 2 bridgehead atoms. The van der Waals surface area contributed by atoms with E-state index in [-0.39, 0.29) is 12.1 Å². The van der Waals surface area contributed by atoms with Gasteiger partial charge in [-0.05, 0) is 37.1 Å². The first-order chi connectivity index (χ1) is 16.2. The highest BCUT2D eigenvalue weighted by Gasteiger charge is 2.40. The fourth-order valence-corrected chi connectivity index (χ4v) is 4.84. The Kier molecular flexibility index (Phi) is 4.78. The van der Waals surface area contributed by atoms with Crippen molar-refractivity contribution in [2.45, 2.75) is 25.1 Å². The predicted molar refractivity (Wildman–Crippen MR) is 123 cm³/mol. The summed E-state index contributed by atoms with van der Waals surface area (Å²) >= 11 is 0. The van der Waals surface area contributed by atoms with Crippen LogP contribution in [0.5, 0.6) is 0 Å². The first kappa shape index (κ1) is 19.8. The van der Waals surface area contributed by atoms with Gasteiger partial charge in [-0.2, -0.15) is 0 Å². The SMILES string of the molecule is O=C(Nc1cnccn1)N1c2nc(-c3ccnc(N4CC[C@@H](F)C4)c3)ccc2N2CC[C@H]1C2. The Morgan fingerprint density at radius 3 is 2.76 bits per heavy atom. The second-order valence-electron chi connectivity index (χ2n) is 8.55. The number of carbonyl (C=O) groups is 1. The summed E-state index contributed by atoms with van der Waals surface area (Å²) in [6, 6.07) is 7.59. The fraction of sp³-hybridized carbons (Fsp3) is 0.348. The molecule has 3 aliphatic heterocycles. The summed E-state index contributed by atoms with van der Waals surface area (Å²) in [6.07, 6.45) is 6.93. The lowest BCUT2D eigenvalue weighted by Crippen LogP contribution is -2.48. The molecule has 6 heterocycles. The Hall–Kier alpha value is -3.82. The van der Waals surface area contributed by atoms with Gasteiger partial charge < -0.3 is 9.80 Å². The molecule has 33 heavy (non-hydrogen) atoms. The minimum Gasteiger partial charge on any atom is -0.366 e. The highest BCUT2D eigenvalue weighted by atomic mass is 19.1. The van der Waals surface area contributed by atoms with Crippen molar-refractivity contribution in [1.29, 1.82) is 0 Å². The molecule has 0 aliphatic carbocycles. The number of nitrogens with zero attached hydrogens (tertiary/aromatic N) is 7. The largest absolute Gasteiger partial charge is 0.366 e. The molecular weight excluding hydrogens is 423 g/mol. The van der Waals surface area contributed by atoms with Gasteiger partial charge in [-0.25, -0.2) is 24.1 Å². The number of nitrogens with one attached hydrogen (secondary N) is 1. The maximum absolute atomic E-state index is 13.7. The lowest BCUT2D eigenvalue weighted by Gasteiger charge is -2.35. The smallest absolute Gasteiger partial charge is 0.329 e. The van der Waals surface area contributed by atoms with Crippen LogP contribution in [-0.2, 0) is 0 Å². The molecule has 0 unspecified atom stereocenters. The molecule has 3 aliphatic rings. The molecule has 0 radical (unpaired) electrons. The average molecular weight is 446 g/mol. The number of hydrogen-bond acceptors (Lipinski definition) is 7. The van der Waals surface area contributed by atoms with E-state index in [0.717, 1.165) is 42.3 Å². The summed E-state index contributed by atoms with van der Waals surface area (Å²) in [4.78, 5) is 36.8. The van der Waals surface area contributed by atoms with E-state index in [0.29, 0.717) is 31.1 Å². The Morgan fingerprint density at radius 2 is 1.94 bits per heavy atom. The molecule has 2 fully saturated rings. The van der Waals surface area contributed by atoms with Crippen LogP contribution in [0.15, 0.2) is 49.1 Å². The van der Waals surface area contributed by atoms with Crippen molar-refractivity contribution in [3.63, 3.8) is 0 Å². The van der Waals surface area contributed by atoms with E-state index < -0.39 is 6.17 Å². The molecule has 2 saturated heterocycles. The molecule has 0 saturated carbocycles. The van der Waals surface area contributed by atoms with Crippen molar-refractivity contribution in [3.05, 3.63) is 49.1 Å². The zero-order chi connectivity index (χ0) is 22.4. The van der Waals surface area contributed by atoms with Crippen LogP contribution in [-0.4, -0.2) is 64.4 Å². The summed E-state index contributed by atoms with van der Waals surface area (Å²) in [5, 5.41) is 2.85. The van der Waals surface area contributed by atoms with Crippen molar-refractivity contribution >= 4 is 29.2 Å². The molecule has 0 spiro atoms. The molecule has 6 rings (SSSR count). The average Bonchev–Trinajstić information content (AvgIpc) is 3.47. The van der Waals surface area contributed by atoms with Crippen LogP contribution < -0.4 is 20.0 Å². The third-order valence-electron chi connectivity index (χ3n) is 6.46. The lowest BCUT2D eigenvalue weighted by molar-refractivity contribution is 0.254. The van der Waals surface area contributed by atoms with Gasteiger partial charge in [0.2, 0.25) is 0 Å². The van der Waals surface area contributed by atoms with E-state index in [4.69, 9.17) is 4.98 Å². The number of pyridine rings is 2. The Bertz CT molecular complexity index is 1190. The maximum atomic E-state index is 13.7. The van der Waals surface area contributed by atoms with Gasteiger partial charge in [0.25, 0.3) is 0 Å². The van der Waals surface area contributed by atoms with E-state index in [9.17, 15) is 9.18 Å². The van der Waals surface area contributed by atoms with Crippen LogP contribution >= 0.6 is 0 Å². The van der Waals surface area contributed by atoms with Crippen LogP contribution in [0, 0.1) is 0 Å². The standard InChI is InChI=1S/C23H23FN8O/c24-16-4-9-31(13-16)21-11-15(3-6-27-21)18-1-2-19-22(28-18)32(17-5-10-30(19)14-17)23(33)29-20-12-25-7-8-26-20/h1-3,6-8,11-12,16-17H,4-5,9-10,13-14H2,(H,26,29,33)/t16-,17+/m1/s1. The quantitative estimate of drug-likeness (QED) is 0.661. The zero-order valence-corrected chi connectivity index (χ0v) is 17.9. The predicted octanol–water partition coefficient (Wildman–Crippen LogP) is 3.11. The van der Waals surface area contributed by atoms with Gasteiger partial charge >= 0.3 is 6.03 Å².